The van der Waals surface area contributed by atoms with Crippen molar-refractivity contribution in [2.45, 2.75) is 59.0 Å². The highest BCUT2D eigenvalue weighted by atomic mass is 16.6. The van der Waals surface area contributed by atoms with Gasteiger partial charge in [-0.15, -0.1) is 0 Å². The lowest BCUT2D eigenvalue weighted by molar-refractivity contribution is -0.137. The molecule has 0 aliphatic rings. The van der Waals surface area contributed by atoms with E-state index in [9.17, 15) is 9.59 Å². The number of aryl methyl sites for hydroxylation is 1. The fourth-order valence-corrected chi connectivity index (χ4v) is 2.16. The van der Waals surface area contributed by atoms with Crippen LogP contribution in [0.3, 0.4) is 0 Å². The lowest BCUT2D eigenvalue weighted by Crippen LogP contribution is -2.37. The first kappa shape index (κ1) is 19.0. The number of carboxylic acids is 1. The zero-order valence-corrected chi connectivity index (χ0v) is 14.5. The van der Waals surface area contributed by atoms with Gasteiger partial charge in [-0.3, -0.25) is 9.69 Å². The minimum Gasteiger partial charge on any atom is -0.481 e. The summed E-state index contributed by atoms with van der Waals surface area (Å²) in [6, 6.07) is 7.76. The van der Waals surface area contributed by atoms with Crippen molar-refractivity contribution in [3.8, 4) is 0 Å². The molecule has 0 aliphatic carbocycles. The molecule has 128 valence electrons. The van der Waals surface area contributed by atoms with Gasteiger partial charge in [0.25, 0.3) is 0 Å². The monoisotopic (exact) mass is 321 g/mol. The summed E-state index contributed by atoms with van der Waals surface area (Å²) in [6.45, 7) is 7.86. The molecule has 0 aliphatic heterocycles. The molecular weight excluding hydrogens is 294 g/mol. The minimum atomic E-state index is -0.868. The Morgan fingerprint density at radius 1 is 1.17 bits per heavy atom. The highest BCUT2D eigenvalue weighted by molar-refractivity contribution is 5.88. The van der Waals surface area contributed by atoms with E-state index in [1.54, 1.807) is 0 Å². The number of hydrogen-bond donors (Lipinski definition) is 1. The Kier molecular flexibility index (Phi) is 7.07. The van der Waals surface area contributed by atoms with E-state index in [-0.39, 0.29) is 6.42 Å². The van der Waals surface area contributed by atoms with Crippen LogP contribution in [0.1, 0.15) is 52.5 Å². The summed E-state index contributed by atoms with van der Waals surface area (Å²) in [5.41, 5.74) is 1.35. The van der Waals surface area contributed by atoms with Crippen LogP contribution in [0.15, 0.2) is 24.3 Å². The Morgan fingerprint density at radius 3 is 2.26 bits per heavy atom. The highest BCUT2D eigenvalue weighted by Gasteiger charge is 2.23. The van der Waals surface area contributed by atoms with Crippen LogP contribution in [-0.4, -0.2) is 29.3 Å². The van der Waals surface area contributed by atoms with Gasteiger partial charge < -0.3 is 9.84 Å². The first-order valence-corrected chi connectivity index (χ1v) is 8.04. The molecule has 0 radical (unpaired) electrons. The van der Waals surface area contributed by atoms with Crippen LogP contribution >= 0.6 is 0 Å². The van der Waals surface area contributed by atoms with E-state index in [0.717, 1.165) is 18.5 Å². The predicted octanol–water partition coefficient (Wildman–Crippen LogP) is 4.25. The van der Waals surface area contributed by atoms with Crippen LogP contribution in [-0.2, 0) is 16.0 Å². The third-order valence-electron chi connectivity index (χ3n) is 3.17. The second-order valence-corrected chi connectivity index (χ2v) is 6.55. The van der Waals surface area contributed by atoms with Crippen molar-refractivity contribution in [1.29, 1.82) is 0 Å². The highest BCUT2D eigenvalue weighted by Crippen LogP contribution is 2.20. The number of amides is 1. The van der Waals surface area contributed by atoms with Gasteiger partial charge in [-0.25, -0.2) is 4.79 Å². The maximum Gasteiger partial charge on any atom is 0.414 e. The van der Waals surface area contributed by atoms with Gasteiger partial charge in [0, 0.05) is 18.7 Å². The van der Waals surface area contributed by atoms with E-state index in [4.69, 9.17) is 9.84 Å². The lowest BCUT2D eigenvalue weighted by Gasteiger charge is -2.27. The summed E-state index contributed by atoms with van der Waals surface area (Å²) >= 11 is 0. The van der Waals surface area contributed by atoms with Crippen LogP contribution in [0.4, 0.5) is 10.5 Å². The molecule has 0 atom stereocenters. The number of ether oxygens (including phenoxy) is 1. The molecule has 1 rings (SSSR count). The molecule has 0 saturated carbocycles. The van der Waals surface area contributed by atoms with Gasteiger partial charge in [-0.05, 0) is 51.3 Å². The number of hydrogen-bond acceptors (Lipinski definition) is 3. The standard InChI is InChI=1S/C18H27NO4/c1-5-7-14-9-11-15(12-10-14)19(13-6-8-16(20)21)17(22)23-18(2,3)4/h9-12H,5-8,13H2,1-4H3,(H,20,21). The SMILES string of the molecule is CCCc1ccc(N(CCCC(=O)O)C(=O)OC(C)(C)C)cc1. The molecule has 1 N–H and O–H groups in total. The van der Waals surface area contributed by atoms with Crippen LogP contribution in [0.2, 0.25) is 0 Å². The van der Waals surface area contributed by atoms with Crippen molar-refractivity contribution in [1.82, 2.24) is 0 Å². The normalized spacial score (nSPS) is 11.1. The molecule has 0 aromatic heterocycles. The third kappa shape index (κ3) is 7.17. The van der Waals surface area contributed by atoms with Crippen LogP contribution in [0.25, 0.3) is 0 Å². The van der Waals surface area contributed by atoms with Gasteiger partial charge in [-0.2, -0.15) is 0 Å². The van der Waals surface area contributed by atoms with Crippen molar-refractivity contribution in [2.75, 3.05) is 11.4 Å². The Bertz CT molecular complexity index is 517. The Hall–Kier alpha value is -2.04. The zero-order chi connectivity index (χ0) is 17.5. The number of benzene rings is 1. The molecule has 0 spiro atoms. The fourth-order valence-electron chi connectivity index (χ4n) is 2.16. The van der Waals surface area contributed by atoms with Gasteiger partial charge in [0.05, 0.1) is 0 Å². The number of nitrogens with zero attached hydrogens (tertiary/aromatic N) is 1. The largest absolute Gasteiger partial charge is 0.481 e. The van der Waals surface area contributed by atoms with Crippen molar-refractivity contribution in [2.24, 2.45) is 0 Å². The average molecular weight is 321 g/mol. The number of anilines is 1. The number of aliphatic carboxylic acids is 1. The molecule has 5 nitrogen and oxygen atoms in total. The topological polar surface area (TPSA) is 66.8 Å². The molecule has 0 heterocycles. The summed E-state index contributed by atoms with van der Waals surface area (Å²) in [7, 11) is 0. The smallest absolute Gasteiger partial charge is 0.414 e. The molecule has 1 aromatic carbocycles. The predicted molar refractivity (Wildman–Crippen MR) is 90.9 cm³/mol. The number of rotatable bonds is 7. The fraction of sp³-hybridized carbons (Fsp3) is 0.556. The molecule has 0 unspecified atom stereocenters. The van der Waals surface area contributed by atoms with E-state index < -0.39 is 17.7 Å². The summed E-state index contributed by atoms with van der Waals surface area (Å²) in [6.07, 6.45) is 2.00. The number of carboxylic acid groups (broad SMARTS) is 1. The van der Waals surface area contributed by atoms with Gasteiger partial charge in [0.1, 0.15) is 5.60 Å². The molecule has 0 bridgehead atoms. The van der Waals surface area contributed by atoms with Crippen molar-refractivity contribution >= 4 is 17.7 Å². The summed E-state index contributed by atoms with van der Waals surface area (Å²) < 4.78 is 5.43. The van der Waals surface area contributed by atoms with Crippen LogP contribution < -0.4 is 4.90 Å². The Balaban J connectivity index is 2.88. The molecule has 1 aromatic rings. The van der Waals surface area contributed by atoms with Crippen molar-refractivity contribution in [3.63, 3.8) is 0 Å². The lowest BCUT2D eigenvalue weighted by atomic mass is 10.1. The zero-order valence-electron chi connectivity index (χ0n) is 14.5. The number of carbonyl (C=O) groups is 2. The van der Waals surface area contributed by atoms with Gasteiger partial charge in [0.15, 0.2) is 0 Å². The van der Waals surface area contributed by atoms with E-state index in [2.05, 4.69) is 6.92 Å². The van der Waals surface area contributed by atoms with E-state index >= 15 is 0 Å². The van der Waals surface area contributed by atoms with Crippen molar-refractivity contribution < 1.29 is 19.4 Å². The second kappa shape index (κ2) is 8.56. The van der Waals surface area contributed by atoms with Crippen LogP contribution in [0.5, 0.6) is 0 Å². The maximum atomic E-state index is 12.4. The molecule has 1 amide bonds. The first-order chi connectivity index (χ1) is 10.7. The van der Waals surface area contributed by atoms with Gasteiger partial charge >= 0.3 is 12.1 Å². The maximum absolute atomic E-state index is 12.4. The molecular formula is C18H27NO4. The van der Waals surface area contributed by atoms with Crippen LogP contribution in [0, 0.1) is 0 Å². The quantitative estimate of drug-likeness (QED) is 0.815. The molecule has 5 heteroatoms. The number of carbonyl (C=O) groups excluding carboxylic acids is 1. The van der Waals surface area contributed by atoms with Gasteiger partial charge in [-0.1, -0.05) is 25.5 Å². The molecule has 0 fully saturated rings. The third-order valence-corrected chi connectivity index (χ3v) is 3.17. The van der Waals surface area contributed by atoms with E-state index in [1.165, 1.54) is 10.5 Å². The van der Waals surface area contributed by atoms with Gasteiger partial charge in [0.2, 0.25) is 0 Å². The van der Waals surface area contributed by atoms with Crippen molar-refractivity contribution in [3.05, 3.63) is 29.8 Å². The first-order valence-electron chi connectivity index (χ1n) is 8.04. The minimum absolute atomic E-state index is 0.0210. The Labute approximate surface area is 138 Å². The van der Waals surface area contributed by atoms with E-state index in [1.807, 2.05) is 45.0 Å². The molecule has 0 saturated heterocycles. The van der Waals surface area contributed by atoms with E-state index in [0.29, 0.717) is 13.0 Å². The second-order valence-electron chi connectivity index (χ2n) is 6.55. The summed E-state index contributed by atoms with van der Waals surface area (Å²) in [5.74, 6) is -0.868. The summed E-state index contributed by atoms with van der Waals surface area (Å²) in [4.78, 5) is 24.6. The molecule has 23 heavy (non-hydrogen) atoms. The Morgan fingerprint density at radius 2 is 1.78 bits per heavy atom. The average Bonchev–Trinajstić information content (AvgIpc) is 2.43. The summed E-state index contributed by atoms with van der Waals surface area (Å²) in [5, 5.41) is 8.78.